The molecule has 2 aromatic carbocycles. The van der Waals surface area contributed by atoms with E-state index in [1.807, 2.05) is 31.2 Å². The predicted molar refractivity (Wildman–Crippen MR) is 90.9 cm³/mol. The molecule has 0 atom stereocenters. The highest BCUT2D eigenvalue weighted by Gasteiger charge is 2.11. The first-order valence-electron chi connectivity index (χ1n) is 7.42. The highest BCUT2D eigenvalue weighted by molar-refractivity contribution is 5.63. The summed E-state index contributed by atoms with van der Waals surface area (Å²) in [5, 5.41) is 5.80. The minimum Gasteiger partial charge on any atom is -0.340 e. The lowest BCUT2D eigenvalue weighted by Crippen LogP contribution is -2.05. The topological polar surface area (TPSA) is 49.8 Å². The van der Waals surface area contributed by atoms with Gasteiger partial charge >= 0.3 is 0 Å². The molecule has 1 heterocycles. The fourth-order valence-electron chi connectivity index (χ4n) is 2.27. The first kappa shape index (κ1) is 15.9. The fraction of sp³-hybridized carbons (Fsp3) is 0.111. The van der Waals surface area contributed by atoms with E-state index < -0.39 is 11.6 Å². The van der Waals surface area contributed by atoms with Crippen molar-refractivity contribution in [2.75, 3.05) is 10.6 Å². The maximum absolute atomic E-state index is 13.8. The van der Waals surface area contributed by atoms with E-state index in [1.165, 1.54) is 18.2 Å². The summed E-state index contributed by atoms with van der Waals surface area (Å²) in [6.07, 6.45) is 0. The van der Waals surface area contributed by atoms with Crippen molar-refractivity contribution in [2.24, 2.45) is 0 Å². The third kappa shape index (κ3) is 3.48. The van der Waals surface area contributed by atoms with Crippen LogP contribution in [-0.4, -0.2) is 9.97 Å². The first-order chi connectivity index (χ1) is 11.5. The summed E-state index contributed by atoms with van der Waals surface area (Å²) in [6, 6.07) is 13.2. The van der Waals surface area contributed by atoms with Crippen LogP contribution in [0.4, 0.5) is 31.9 Å². The van der Waals surface area contributed by atoms with Gasteiger partial charge in [-0.1, -0.05) is 24.3 Å². The minimum atomic E-state index is -0.700. The van der Waals surface area contributed by atoms with Crippen LogP contribution in [0.15, 0.2) is 48.5 Å². The van der Waals surface area contributed by atoms with Crippen LogP contribution < -0.4 is 10.6 Å². The summed E-state index contributed by atoms with van der Waals surface area (Å²) in [5.74, 6) is -0.742. The van der Waals surface area contributed by atoms with E-state index >= 15 is 0 Å². The molecule has 0 saturated heterocycles. The minimum absolute atomic E-state index is 0.120. The standard InChI is InChI=1S/C18H16F2N4/c1-11-6-3-4-9-15(11)22-16-10-12(2)21-18(23-16)24-17-13(19)7-5-8-14(17)20/h3-10H,1-2H3,(H2,21,22,23,24). The Labute approximate surface area is 138 Å². The summed E-state index contributed by atoms with van der Waals surface area (Å²) in [7, 11) is 0. The summed E-state index contributed by atoms with van der Waals surface area (Å²) < 4.78 is 27.5. The van der Waals surface area contributed by atoms with E-state index in [4.69, 9.17) is 0 Å². The Morgan fingerprint density at radius 2 is 1.54 bits per heavy atom. The lowest BCUT2D eigenvalue weighted by atomic mass is 10.2. The number of rotatable bonds is 4. The van der Waals surface area contributed by atoms with Crippen molar-refractivity contribution in [2.45, 2.75) is 13.8 Å². The van der Waals surface area contributed by atoms with Gasteiger partial charge < -0.3 is 10.6 Å². The van der Waals surface area contributed by atoms with Gasteiger partial charge in [0.2, 0.25) is 5.95 Å². The number of aromatic nitrogens is 2. The Balaban J connectivity index is 1.91. The SMILES string of the molecule is Cc1cc(Nc2ccccc2C)nc(Nc2c(F)cccc2F)n1. The number of aryl methyl sites for hydroxylation is 2. The van der Waals surface area contributed by atoms with Gasteiger partial charge in [0.25, 0.3) is 0 Å². The van der Waals surface area contributed by atoms with Gasteiger partial charge in [-0.3, -0.25) is 0 Å². The number of hydrogen-bond donors (Lipinski definition) is 2. The molecule has 0 bridgehead atoms. The molecule has 0 spiro atoms. The van der Waals surface area contributed by atoms with Gasteiger partial charge in [0.1, 0.15) is 23.1 Å². The molecular formula is C18H16F2N4. The van der Waals surface area contributed by atoms with Crippen molar-refractivity contribution < 1.29 is 8.78 Å². The maximum Gasteiger partial charge on any atom is 0.229 e. The second-order valence-corrected chi connectivity index (χ2v) is 5.38. The zero-order chi connectivity index (χ0) is 17.1. The molecule has 122 valence electrons. The lowest BCUT2D eigenvalue weighted by molar-refractivity contribution is 0.590. The maximum atomic E-state index is 13.8. The Hall–Kier alpha value is -3.02. The molecule has 0 radical (unpaired) electrons. The molecule has 3 rings (SSSR count). The van der Waals surface area contributed by atoms with Gasteiger partial charge in [-0.2, -0.15) is 4.98 Å². The molecule has 24 heavy (non-hydrogen) atoms. The third-order valence-corrected chi connectivity index (χ3v) is 3.46. The Kier molecular flexibility index (Phi) is 4.37. The van der Waals surface area contributed by atoms with Crippen molar-refractivity contribution >= 4 is 23.1 Å². The Bertz CT molecular complexity index is 860. The summed E-state index contributed by atoms with van der Waals surface area (Å²) in [5.41, 5.74) is 2.35. The number of benzene rings is 2. The molecule has 1 aromatic heterocycles. The molecule has 3 aromatic rings. The van der Waals surface area contributed by atoms with Crippen LogP contribution in [0.25, 0.3) is 0 Å². The number of anilines is 4. The molecule has 6 heteroatoms. The van der Waals surface area contributed by atoms with E-state index in [0.717, 1.165) is 11.3 Å². The molecule has 4 nitrogen and oxygen atoms in total. The van der Waals surface area contributed by atoms with Crippen molar-refractivity contribution in [1.82, 2.24) is 9.97 Å². The zero-order valence-corrected chi connectivity index (χ0v) is 13.3. The van der Waals surface area contributed by atoms with Crippen LogP contribution >= 0.6 is 0 Å². The van der Waals surface area contributed by atoms with Crippen molar-refractivity contribution in [3.8, 4) is 0 Å². The van der Waals surface area contributed by atoms with E-state index in [2.05, 4.69) is 20.6 Å². The molecule has 0 amide bonds. The fourth-order valence-corrected chi connectivity index (χ4v) is 2.27. The monoisotopic (exact) mass is 326 g/mol. The largest absolute Gasteiger partial charge is 0.340 e. The summed E-state index contributed by atoms with van der Waals surface area (Å²) in [4.78, 5) is 8.46. The van der Waals surface area contributed by atoms with Crippen LogP contribution in [0, 0.1) is 25.5 Å². The van der Waals surface area contributed by atoms with Gasteiger partial charge in [-0.05, 0) is 37.6 Å². The van der Waals surface area contributed by atoms with Gasteiger partial charge in [0, 0.05) is 17.4 Å². The van der Waals surface area contributed by atoms with Crippen LogP contribution in [0.2, 0.25) is 0 Å². The van der Waals surface area contributed by atoms with Gasteiger partial charge in [0.15, 0.2) is 0 Å². The van der Waals surface area contributed by atoms with E-state index in [-0.39, 0.29) is 11.6 Å². The molecule has 0 saturated carbocycles. The molecule has 0 fully saturated rings. The van der Waals surface area contributed by atoms with Crippen molar-refractivity contribution in [3.63, 3.8) is 0 Å². The quantitative estimate of drug-likeness (QED) is 0.719. The average molecular weight is 326 g/mol. The average Bonchev–Trinajstić information content (AvgIpc) is 2.53. The summed E-state index contributed by atoms with van der Waals surface area (Å²) in [6.45, 7) is 3.76. The molecule has 0 aliphatic rings. The second kappa shape index (κ2) is 6.62. The Morgan fingerprint density at radius 1 is 0.833 bits per heavy atom. The highest BCUT2D eigenvalue weighted by Crippen LogP contribution is 2.24. The number of halogens is 2. The lowest BCUT2D eigenvalue weighted by Gasteiger charge is -2.12. The third-order valence-electron chi connectivity index (χ3n) is 3.46. The Morgan fingerprint density at radius 3 is 2.25 bits per heavy atom. The van der Waals surface area contributed by atoms with E-state index in [9.17, 15) is 8.78 Å². The second-order valence-electron chi connectivity index (χ2n) is 5.38. The van der Waals surface area contributed by atoms with Crippen LogP contribution in [-0.2, 0) is 0 Å². The number of nitrogens with one attached hydrogen (secondary N) is 2. The van der Waals surface area contributed by atoms with Gasteiger partial charge in [-0.25, -0.2) is 13.8 Å². The van der Waals surface area contributed by atoms with E-state index in [0.29, 0.717) is 11.5 Å². The van der Waals surface area contributed by atoms with Crippen molar-refractivity contribution in [1.29, 1.82) is 0 Å². The van der Waals surface area contributed by atoms with Gasteiger partial charge in [-0.15, -0.1) is 0 Å². The van der Waals surface area contributed by atoms with Gasteiger partial charge in [0.05, 0.1) is 0 Å². The van der Waals surface area contributed by atoms with Crippen LogP contribution in [0.1, 0.15) is 11.3 Å². The van der Waals surface area contributed by atoms with Crippen LogP contribution in [0.3, 0.4) is 0 Å². The molecule has 0 aliphatic carbocycles. The molecular weight excluding hydrogens is 310 g/mol. The number of nitrogens with zero attached hydrogens (tertiary/aromatic N) is 2. The van der Waals surface area contributed by atoms with Crippen molar-refractivity contribution in [3.05, 3.63) is 71.4 Å². The first-order valence-corrected chi connectivity index (χ1v) is 7.42. The van der Waals surface area contributed by atoms with E-state index in [1.54, 1.807) is 13.0 Å². The number of para-hydroxylation sites is 2. The number of hydrogen-bond acceptors (Lipinski definition) is 4. The molecule has 2 N–H and O–H groups in total. The zero-order valence-electron chi connectivity index (χ0n) is 13.3. The highest BCUT2D eigenvalue weighted by atomic mass is 19.1. The molecule has 0 unspecified atom stereocenters. The molecule has 0 aliphatic heterocycles. The normalized spacial score (nSPS) is 10.5. The predicted octanol–water partition coefficient (Wildman–Crippen LogP) is 4.86. The summed E-state index contributed by atoms with van der Waals surface area (Å²) >= 11 is 0. The van der Waals surface area contributed by atoms with Crippen LogP contribution in [0.5, 0.6) is 0 Å². The smallest absolute Gasteiger partial charge is 0.229 e.